The molecule has 0 atom stereocenters. The zero-order chi connectivity index (χ0) is 6.69. The summed E-state index contributed by atoms with van der Waals surface area (Å²) in [5.41, 5.74) is 3.01. The molecule has 0 saturated carbocycles. The minimum Gasteiger partial charge on any atom is -0.336 e. The number of aromatic nitrogens is 2. The number of aryl methyl sites for hydroxylation is 1. The first-order chi connectivity index (χ1) is 4.34. The summed E-state index contributed by atoms with van der Waals surface area (Å²) in [6.45, 7) is 0.441. The lowest BCUT2D eigenvalue weighted by molar-refractivity contribution is 0.159. The van der Waals surface area contributed by atoms with Gasteiger partial charge < -0.3 is 9.77 Å². The maximum absolute atomic E-state index is 8.27. The molecule has 1 aromatic rings. The quantitative estimate of drug-likeness (QED) is 0.545. The Labute approximate surface area is 53.1 Å². The molecular formula is C5H9N3O. The van der Waals surface area contributed by atoms with Crippen molar-refractivity contribution in [2.75, 3.05) is 0 Å². The zero-order valence-electron chi connectivity index (χ0n) is 5.20. The highest BCUT2D eigenvalue weighted by atomic mass is 16.5. The van der Waals surface area contributed by atoms with E-state index >= 15 is 0 Å². The predicted octanol–water partition coefficient (Wildman–Crippen LogP) is -0.101. The Morgan fingerprint density at radius 3 is 3.11 bits per heavy atom. The largest absolute Gasteiger partial charge is 0.336 e. The van der Waals surface area contributed by atoms with Gasteiger partial charge in [-0.2, -0.15) is 5.48 Å². The molecule has 1 heterocycles. The average molecular weight is 127 g/mol. The van der Waals surface area contributed by atoms with E-state index in [4.69, 9.17) is 5.21 Å². The van der Waals surface area contributed by atoms with Crippen molar-refractivity contribution in [3.63, 3.8) is 0 Å². The molecule has 1 aromatic heterocycles. The van der Waals surface area contributed by atoms with E-state index in [2.05, 4.69) is 10.5 Å². The molecule has 0 spiro atoms. The lowest BCUT2D eigenvalue weighted by atomic mass is 10.5. The highest BCUT2D eigenvalue weighted by molar-refractivity contribution is 4.95. The molecule has 0 bridgehead atoms. The first-order valence-corrected chi connectivity index (χ1v) is 2.66. The van der Waals surface area contributed by atoms with Gasteiger partial charge in [0, 0.05) is 13.2 Å². The molecular weight excluding hydrogens is 118 g/mol. The Morgan fingerprint density at radius 1 is 1.89 bits per heavy atom. The number of nitrogens with one attached hydrogen (secondary N) is 1. The van der Waals surface area contributed by atoms with Crippen LogP contribution in [0.5, 0.6) is 0 Å². The molecule has 0 amide bonds. The van der Waals surface area contributed by atoms with Crippen LogP contribution in [0, 0.1) is 0 Å². The molecule has 50 valence electrons. The molecule has 0 fully saturated rings. The number of hydroxylamine groups is 1. The molecule has 4 heteroatoms. The molecule has 0 radical (unpaired) electrons. The molecule has 4 nitrogen and oxygen atoms in total. The fraction of sp³-hybridized carbons (Fsp3) is 0.400. The van der Waals surface area contributed by atoms with Crippen molar-refractivity contribution in [3.05, 3.63) is 18.2 Å². The van der Waals surface area contributed by atoms with E-state index in [0.29, 0.717) is 6.54 Å². The van der Waals surface area contributed by atoms with Crippen molar-refractivity contribution in [1.82, 2.24) is 15.0 Å². The third kappa shape index (κ3) is 1.28. The number of imidazole rings is 1. The molecule has 0 aliphatic rings. The lowest BCUT2D eigenvalue weighted by Crippen LogP contribution is -2.09. The maximum atomic E-state index is 8.27. The van der Waals surface area contributed by atoms with Gasteiger partial charge in [0.25, 0.3) is 0 Å². The summed E-state index contributed by atoms with van der Waals surface area (Å²) >= 11 is 0. The molecule has 0 aliphatic carbocycles. The normalized spacial score (nSPS) is 10.0. The maximum Gasteiger partial charge on any atom is 0.0945 e. The van der Waals surface area contributed by atoms with Crippen molar-refractivity contribution in [1.29, 1.82) is 0 Å². The van der Waals surface area contributed by atoms with E-state index in [0.717, 1.165) is 5.69 Å². The molecule has 0 saturated heterocycles. The summed E-state index contributed by atoms with van der Waals surface area (Å²) in [4.78, 5) is 3.85. The average Bonchev–Trinajstić information content (AvgIpc) is 2.18. The Hall–Kier alpha value is -0.870. The van der Waals surface area contributed by atoms with Gasteiger partial charge in [0.05, 0.1) is 18.6 Å². The Kier molecular flexibility index (Phi) is 1.81. The highest BCUT2D eigenvalue weighted by Gasteiger charge is 1.93. The topological polar surface area (TPSA) is 50.1 Å². The van der Waals surface area contributed by atoms with Crippen molar-refractivity contribution < 1.29 is 5.21 Å². The molecule has 0 unspecified atom stereocenters. The van der Waals surface area contributed by atoms with Crippen molar-refractivity contribution in [2.24, 2.45) is 7.05 Å². The third-order valence-electron chi connectivity index (χ3n) is 1.18. The summed E-state index contributed by atoms with van der Waals surface area (Å²) in [6.07, 6.45) is 3.38. The van der Waals surface area contributed by atoms with Crippen molar-refractivity contribution in [3.8, 4) is 0 Å². The number of nitrogens with zero attached hydrogens (tertiary/aromatic N) is 2. The first kappa shape index (κ1) is 6.25. The van der Waals surface area contributed by atoms with Gasteiger partial charge >= 0.3 is 0 Å². The van der Waals surface area contributed by atoms with Crippen LogP contribution in [0.2, 0.25) is 0 Å². The number of rotatable bonds is 2. The van der Waals surface area contributed by atoms with E-state index in [1.54, 1.807) is 12.5 Å². The standard InChI is InChI=1S/C5H9N3O/c1-8-4-6-2-5(8)3-7-9/h2,4,7,9H,3H2,1H3. The lowest BCUT2D eigenvalue weighted by Gasteiger charge is -1.97. The minimum atomic E-state index is 0.441. The van der Waals surface area contributed by atoms with Crippen LogP contribution < -0.4 is 5.48 Å². The van der Waals surface area contributed by atoms with E-state index < -0.39 is 0 Å². The number of hydrogen-bond acceptors (Lipinski definition) is 3. The summed E-state index contributed by atoms with van der Waals surface area (Å²) in [7, 11) is 1.87. The van der Waals surface area contributed by atoms with Gasteiger partial charge in [-0.05, 0) is 0 Å². The van der Waals surface area contributed by atoms with Crippen LogP contribution in [-0.4, -0.2) is 14.8 Å². The second-order valence-electron chi connectivity index (χ2n) is 1.83. The monoisotopic (exact) mass is 127 g/mol. The molecule has 1 rings (SSSR count). The van der Waals surface area contributed by atoms with E-state index in [9.17, 15) is 0 Å². The van der Waals surface area contributed by atoms with Crippen LogP contribution >= 0.6 is 0 Å². The Bertz CT molecular complexity index is 184. The first-order valence-electron chi connectivity index (χ1n) is 2.66. The van der Waals surface area contributed by atoms with Crippen molar-refractivity contribution >= 4 is 0 Å². The van der Waals surface area contributed by atoms with E-state index in [1.807, 2.05) is 11.6 Å². The van der Waals surface area contributed by atoms with Gasteiger partial charge in [-0.15, -0.1) is 0 Å². The van der Waals surface area contributed by atoms with Crippen LogP contribution in [0.3, 0.4) is 0 Å². The second-order valence-corrected chi connectivity index (χ2v) is 1.83. The third-order valence-corrected chi connectivity index (χ3v) is 1.18. The van der Waals surface area contributed by atoms with Crippen LogP contribution in [0.1, 0.15) is 5.69 Å². The molecule has 0 aliphatic heterocycles. The molecule has 9 heavy (non-hydrogen) atoms. The van der Waals surface area contributed by atoms with Crippen LogP contribution in [0.4, 0.5) is 0 Å². The number of hydrogen-bond donors (Lipinski definition) is 2. The molecule has 0 aromatic carbocycles. The second kappa shape index (κ2) is 2.61. The van der Waals surface area contributed by atoms with E-state index in [-0.39, 0.29) is 0 Å². The van der Waals surface area contributed by atoms with Gasteiger partial charge in [0.1, 0.15) is 0 Å². The Balaban J connectivity index is 2.69. The smallest absolute Gasteiger partial charge is 0.0945 e. The van der Waals surface area contributed by atoms with Crippen LogP contribution in [0.25, 0.3) is 0 Å². The van der Waals surface area contributed by atoms with Gasteiger partial charge in [-0.25, -0.2) is 4.98 Å². The summed E-state index contributed by atoms with van der Waals surface area (Å²) in [6, 6.07) is 0. The van der Waals surface area contributed by atoms with E-state index in [1.165, 1.54) is 0 Å². The van der Waals surface area contributed by atoms with Gasteiger partial charge in [-0.3, -0.25) is 0 Å². The highest BCUT2D eigenvalue weighted by Crippen LogP contribution is 1.92. The summed E-state index contributed by atoms with van der Waals surface area (Å²) < 4.78 is 1.84. The fourth-order valence-corrected chi connectivity index (χ4v) is 0.636. The molecule has 2 N–H and O–H groups in total. The van der Waals surface area contributed by atoms with Gasteiger partial charge in [0.15, 0.2) is 0 Å². The SMILES string of the molecule is Cn1cncc1CNO. The van der Waals surface area contributed by atoms with Crippen molar-refractivity contribution in [2.45, 2.75) is 6.54 Å². The Morgan fingerprint density at radius 2 is 2.67 bits per heavy atom. The van der Waals surface area contributed by atoms with Crippen LogP contribution in [-0.2, 0) is 13.6 Å². The van der Waals surface area contributed by atoms with Crippen LogP contribution in [0.15, 0.2) is 12.5 Å². The predicted molar refractivity (Wildman–Crippen MR) is 31.8 cm³/mol. The zero-order valence-corrected chi connectivity index (χ0v) is 5.20. The van der Waals surface area contributed by atoms with Gasteiger partial charge in [-0.1, -0.05) is 0 Å². The minimum absolute atomic E-state index is 0.441. The van der Waals surface area contributed by atoms with Gasteiger partial charge in [0.2, 0.25) is 0 Å². The fourth-order valence-electron chi connectivity index (χ4n) is 0.636. The summed E-state index contributed by atoms with van der Waals surface area (Å²) in [5, 5.41) is 8.27. The summed E-state index contributed by atoms with van der Waals surface area (Å²) in [5.74, 6) is 0.